The van der Waals surface area contributed by atoms with Crippen LogP contribution in [0.15, 0.2) is 48.5 Å². The van der Waals surface area contributed by atoms with E-state index >= 15 is 0 Å². The molecule has 0 saturated heterocycles. The Morgan fingerprint density at radius 1 is 0.857 bits per heavy atom. The maximum atomic E-state index is 4.82. The number of hydrogen-bond acceptors (Lipinski definition) is 1. The zero-order chi connectivity index (χ0) is 14.7. The van der Waals surface area contributed by atoms with Gasteiger partial charge in [-0.2, -0.15) is 0 Å². The molecule has 0 aliphatic rings. The average Bonchev–Trinajstić information content (AvgIpc) is 2.52. The van der Waals surface area contributed by atoms with Gasteiger partial charge in [0.2, 0.25) is 0 Å². The number of fused-ring (bicyclic) bond motifs is 2. The van der Waals surface area contributed by atoms with Crippen LogP contribution in [0.4, 0.5) is 0 Å². The van der Waals surface area contributed by atoms with Crippen molar-refractivity contribution in [1.29, 1.82) is 0 Å². The van der Waals surface area contributed by atoms with Crippen molar-refractivity contribution in [2.45, 2.75) is 45.4 Å². The summed E-state index contributed by atoms with van der Waals surface area (Å²) >= 11 is 0. The lowest BCUT2D eigenvalue weighted by atomic mass is 9.89. The minimum atomic E-state index is 0.578. The number of unbranched alkanes of at least 4 members (excludes halogenated alkanes) is 2. The van der Waals surface area contributed by atoms with E-state index in [4.69, 9.17) is 4.98 Å². The Labute approximate surface area is 127 Å². The maximum Gasteiger partial charge on any atom is 0.0712 e. The van der Waals surface area contributed by atoms with Crippen LogP contribution < -0.4 is 0 Å². The second-order valence-corrected chi connectivity index (χ2v) is 5.96. The molecular weight excluding hydrogens is 254 g/mol. The third-order valence-corrected chi connectivity index (χ3v) is 4.36. The van der Waals surface area contributed by atoms with Gasteiger partial charge in [0.1, 0.15) is 0 Å². The first-order valence-corrected chi connectivity index (χ1v) is 8.08. The standard InChI is InChI=1S/C20H23N/c1-3-4-5-10-15(2)20-16-11-6-8-13-18(16)21-19-14-9-7-12-17(19)20/h6-9,11-15H,3-5,10H2,1-2H3. The van der Waals surface area contributed by atoms with Crippen molar-refractivity contribution in [3.05, 3.63) is 54.1 Å². The minimum Gasteiger partial charge on any atom is -0.248 e. The Hall–Kier alpha value is -1.89. The molecule has 0 fully saturated rings. The van der Waals surface area contributed by atoms with Gasteiger partial charge in [0.25, 0.3) is 0 Å². The molecule has 1 nitrogen and oxygen atoms in total. The van der Waals surface area contributed by atoms with E-state index in [1.165, 1.54) is 42.0 Å². The monoisotopic (exact) mass is 277 g/mol. The lowest BCUT2D eigenvalue weighted by Gasteiger charge is -2.17. The van der Waals surface area contributed by atoms with Gasteiger partial charge in [-0.25, -0.2) is 4.98 Å². The van der Waals surface area contributed by atoms with Crippen LogP contribution in [0, 0.1) is 0 Å². The van der Waals surface area contributed by atoms with Crippen molar-refractivity contribution in [3.63, 3.8) is 0 Å². The highest BCUT2D eigenvalue weighted by Gasteiger charge is 2.14. The molecule has 0 N–H and O–H groups in total. The van der Waals surface area contributed by atoms with Gasteiger partial charge < -0.3 is 0 Å². The molecule has 0 radical (unpaired) electrons. The predicted octanol–water partition coefficient (Wildman–Crippen LogP) is 6.07. The van der Waals surface area contributed by atoms with Crippen LogP contribution in [0.3, 0.4) is 0 Å². The largest absolute Gasteiger partial charge is 0.248 e. The molecule has 1 heterocycles. The third kappa shape index (κ3) is 2.78. The number of pyridine rings is 1. The van der Waals surface area contributed by atoms with E-state index in [0.717, 1.165) is 11.0 Å². The van der Waals surface area contributed by atoms with Crippen molar-refractivity contribution in [2.75, 3.05) is 0 Å². The van der Waals surface area contributed by atoms with Gasteiger partial charge in [0.15, 0.2) is 0 Å². The zero-order valence-corrected chi connectivity index (χ0v) is 13.0. The van der Waals surface area contributed by atoms with E-state index in [1.807, 2.05) is 0 Å². The zero-order valence-electron chi connectivity index (χ0n) is 13.0. The number of hydrogen-bond donors (Lipinski definition) is 0. The molecule has 3 aromatic rings. The van der Waals surface area contributed by atoms with Gasteiger partial charge in [-0.05, 0) is 30.0 Å². The molecule has 1 aromatic heterocycles. The molecule has 21 heavy (non-hydrogen) atoms. The fraction of sp³-hybridized carbons (Fsp3) is 0.350. The first kappa shape index (κ1) is 14.1. The third-order valence-electron chi connectivity index (χ3n) is 4.36. The Balaban J connectivity index is 2.15. The van der Waals surface area contributed by atoms with Crippen molar-refractivity contribution in [3.8, 4) is 0 Å². The average molecular weight is 277 g/mol. The molecule has 1 atom stereocenters. The van der Waals surface area contributed by atoms with E-state index < -0.39 is 0 Å². The first-order chi connectivity index (χ1) is 10.3. The molecule has 2 aromatic carbocycles. The number of benzene rings is 2. The van der Waals surface area contributed by atoms with Gasteiger partial charge >= 0.3 is 0 Å². The first-order valence-electron chi connectivity index (χ1n) is 8.08. The van der Waals surface area contributed by atoms with Crippen LogP contribution in [-0.4, -0.2) is 4.98 Å². The summed E-state index contributed by atoms with van der Waals surface area (Å²) in [5, 5.41) is 2.64. The quantitative estimate of drug-likeness (QED) is 0.407. The molecule has 1 heteroatoms. The SMILES string of the molecule is CCCCCC(C)c1c2ccccc2nc2ccccc12. The van der Waals surface area contributed by atoms with Crippen molar-refractivity contribution < 1.29 is 0 Å². The van der Waals surface area contributed by atoms with Gasteiger partial charge in [-0.1, -0.05) is 69.5 Å². The summed E-state index contributed by atoms with van der Waals surface area (Å²) in [6.07, 6.45) is 5.17. The molecule has 0 spiro atoms. The summed E-state index contributed by atoms with van der Waals surface area (Å²) < 4.78 is 0. The van der Waals surface area contributed by atoms with E-state index in [0.29, 0.717) is 5.92 Å². The van der Waals surface area contributed by atoms with E-state index in [2.05, 4.69) is 62.4 Å². The molecular formula is C20H23N. The Kier molecular flexibility index (Phi) is 4.19. The summed E-state index contributed by atoms with van der Waals surface area (Å²) in [4.78, 5) is 4.82. The van der Waals surface area contributed by atoms with Crippen LogP contribution in [-0.2, 0) is 0 Å². The molecule has 3 rings (SSSR count). The normalized spacial score (nSPS) is 12.9. The van der Waals surface area contributed by atoms with Crippen LogP contribution in [0.2, 0.25) is 0 Å². The lowest BCUT2D eigenvalue weighted by Crippen LogP contribution is -1.98. The van der Waals surface area contributed by atoms with Crippen LogP contribution >= 0.6 is 0 Å². The number of rotatable bonds is 5. The van der Waals surface area contributed by atoms with E-state index in [-0.39, 0.29) is 0 Å². The topological polar surface area (TPSA) is 12.9 Å². The maximum absolute atomic E-state index is 4.82. The Bertz CT molecular complexity index is 691. The summed E-state index contributed by atoms with van der Waals surface area (Å²) in [6.45, 7) is 4.63. The van der Waals surface area contributed by atoms with Crippen LogP contribution in [0.5, 0.6) is 0 Å². The summed E-state index contributed by atoms with van der Waals surface area (Å²) in [6, 6.07) is 17.1. The van der Waals surface area contributed by atoms with Gasteiger partial charge in [0.05, 0.1) is 11.0 Å². The highest BCUT2D eigenvalue weighted by Crippen LogP contribution is 2.34. The molecule has 0 bridgehead atoms. The highest BCUT2D eigenvalue weighted by atomic mass is 14.7. The van der Waals surface area contributed by atoms with Crippen LogP contribution in [0.1, 0.15) is 51.0 Å². The molecule has 0 saturated carbocycles. The van der Waals surface area contributed by atoms with E-state index in [1.54, 1.807) is 0 Å². The summed E-state index contributed by atoms with van der Waals surface area (Å²) in [7, 11) is 0. The summed E-state index contributed by atoms with van der Waals surface area (Å²) in [5.74, 6) is 0.578. The molecule has 1 unspecified atom stereocenters. The Morgan fingerprint density at radius 2 is 1.43 bits per heavy atom. The van der Waals surface area contributed by atoms with Crippen molar-refractivity contribution in [1.82, 2.24) is 4.98 Å². The second-order valence-electron chi connectivity index (χ2n) is 5.96. The highest BCUT2D eigenvalue weighted by molar-refractivity contribution is 5.97. The lowest BCUT2D eigenvalue weighted by molar-refractivity contribution is 0.603. The Morgan fingerprint density at radius 3 is 2.00 bits per heavy atom. The number of aromatic nitrogens is 1. The predicted molar refractivity (Wildman–Crippen MR) is 91.8 cm³/mol. The molecule has 108 valence electrons. The molecule has 0 amide bonds. The van der Waals surface area contributed by atoms with Crippen molar-refractivity contribution in [2.24, 2.45) is 0 Å². The summed E-state index contributed by atoms with van der Waals surface area (Å²) in [5.41, 5.74) is 3.72. The second kappa shape index (κ2) is 6.26. The van der Waals surface area contributed by atoms with Crippen molar-refractivity contribution >= 4 is 21.8 Å². The fourth-order valence-electron chi connectivity index (χ4n) is 3.25. The molecule has 0 aliphatic heterocycles. The number of para-hydroxylation sites is 2. The van der Waals surface area contributed by atoms with E-state index in [9.17, 15) is 0 Å². The number of nitrogens with zero attached hydrogens (tertiary/aromatic N) is 1. The fourth-order valence-corrected chi connectivity index (χ4v) is 3.25. The van der Waals surface area contributed by atoms with Gasteiger partial charge in [-0.3, -0.25) is 0 Å². The smallest absolute Gasteiger partial charge is 0.0712 e. The minimum absolute atomic E-state index is 0.578. The van der Waals surface area contributed by atoms with Gasteiger partial charge in [0, 0.05) is 10.8 Å². The molecule has 0 aliphatic carbocycles. The van der Waals surface area contributed by atoms with Crippen LogP contribution in [0.25, 0.3) is 21.8 Å². The van der Waals surface area contributed by atoms with Gasteiger partial charge in [-0.15, -0.1) is 0 Å².